The minimum Gasteiger partial charge on any atom is -0.496 e. The molecular weight excluding hydrogens is 318 g/mol. The van der Waals surface area contributed by atoms with E-state index in [2.05, 4.69) is 21.2 Å². The summed E-state index contributed by atoms with van der Waals surface area (Å²) in [6.07, 6.45) is 0. The van der Waals surface area contributed by atoms with Crippen molar-refractivity contribution in [2.24, 2.45) is 0 Å². The fraction of sp³-hybridized carbons (Fsp3) is 0.188. The number of carbonyl (C=O) groups is 1. The van der Waals surface area contributed by atoms with E-state index >= 15 is 0 Å². The number of methoxy groups -OCH3 is 1. The van der Waals surface area contributed by atoms with Crippen LogP contribution in [0.1, 0.15) is 21.5 Å². The summed E-state index contributed by atoms with van der Waals surface area (Å²) in [5.41, 5.74) is 3.63. The molecule has 0 fully saturated rings. The number of nitrogens with one attached hydrogen (secondary N) is 1. The lowest BCUT2D eigenvalue weighted by molar-refractivity contribution is 0.102. The van der Waals surface area contributed by atoms with Gasteiger partial charge in [0.1, 0.15) is 5.75 Å². The molecule has 0 bridgehead atoms. The molecule has 104 valence electrons. The predicted molar refractivity (Wildman–Crippen MR) is 84.6 cm³/mol. The van der Waals surface area contributed by atoms with Gasteiger partial charge in [0.15, 0.2) is 0 Å². The molecule has 0 aliphatic rings. The third-order valence-corrected chi connectivity index (χ3v) is 3.66. The van der Waals surface area contributed by atoms with Crippen molar-refractivity contribution in [1.82, 2.24) is 0 Å². The summed E-state index contributed by atoms with van der Waals surface area (Å²) in [5.74, 6) is 0.563. The van der Waals surface area contributed by atoms with Gasteiger partial charge in [-0.1, -0.05) is 17.7 Å². The highest BCUT2D eigenvalue weighted by molar-refractivity contribution is 9.10. The van der Waals surface area contributed by atoms with Gasteiger partial charge in [0.25, 0.3) is 5.91 Å². The van der Waals surface area contributed by atoms with Crippen molar-refractivity contribution in [3.05, 3.63) is 57.6 Å². The SMILES string of the molecule is COc1ccc(C(=O)Nc2ccc(C)cc2C)cc1Br. The highest BCUT2D eigenvalue weighted by atomic mass is 79.9. The molecular formula is C16H16BrNO2. The van der Waals surface area contributed by atoms with Gasteiger partial charge in [-0.05, 0) is 59.6 Å². The topological polar surface area (TPSA) is 38.3 Å². The lowest BCUT2D eigenvalue weighted by atomic mass is 10.1. The van der Waals surface area contributed by atoms with E-state index < -0.39 is 0 Å². The molecule has 2 aromatic carbocycles. The van der Waals surface area contributed by atoms with Gasteiger partial charge in [0.05, 0.1) is 11.6 Å². The van der Waals surface area contributed by atoms with Crippen LogP contribution in [0.5, 0.6) is 5.75 Å². The summed E-state index contributed by atoms with van der Waals surface area (Å²) in [4.78, 5) is 12.2. The minimum atomic E-state index is -0.139. The number of aryl methyl sites for hydroxylation is 2. The smallest absolute Gasteiger partial charge is 0.255 e. The molecule has 0 aliphatic heterocycles. The number of halogens is 1. The van der Waals surface area contributed by atoms with E-state index in [9.17, 15) is 4.79 Å². The van der Waals surface area contributed by atoms with Crippen molar-refractivity contribution in [2.45, 2.75) is 13.8 Å². The highest BCUT2D eigenvalue weighted by Gasteiger charge is 2.10. The van der Waals surface area contributed by atoms with Crippen LogP contribution in [-0.4, -0.2) is 13.0 Å². The number of benzene rings is 2. The second-order valence-corrected chi connectivity index (χ2v) is 5.48. The average molecular weight is 334 g/mol. The van der Waals surface area contributed by atoms with Crippen LogP contribution in [0.3, 0.4) is 0 Å². The maximum Gasteiger partial charge on any atom is 0.255 e. The van der Waals surface area contributed by atoms with Crippen molar-refractivity contribution in [3.63, 3.8) is 0 Å². The van der Waals surface area contributed by atoms with Gasteiger partial charge in [0.2, 0.25) is 0 Å². The van der Waals surface area contributed by atoms with Crippen LogP contribution in [-0.2, 0) is 0 Å². The average Bonchev–Trinajstić information content (AvgIpc) is 2.41. The number of ether oxygens (including phenoxy) is 1. The Morgan fingerprint density at radius 3 is 2.50 bits per heavy atom. The molecule has 0 radical (unpaired) electrons. The molecule has 3 nitrogen and oxygen atoms in total. The molecule has 2 aromatic rings. The first-order valence-electron chi connectivity index (χ1n) is 6.23. The van der Waals surface area contributed by atoms with Crippen LogP contribution in [0.4, 0.5) is 5.69 Å². The molecule has 0 aromatic heterocycles. The van der Waals surface area contributed by atoms with Crippen molar-refractivity contribution in [1.29, 1.82) is 0 Å². The van der Waals surface area contributed by atoms with Gasteiger partial charge < -0.3 is 10.1 Å². The first kappa shape index (κ1) is 14.6. The van der Waals surface area contributed by atoms with Gasteiger partial charge >= 0.3 is 0 Å². The molecule has 0 atom stereocenters. The van der Waals surface area contributed by atoms with Gasteiger partial charge in [0, 0.05) is 11.3 Å². The number of carbonyl (C=O) groups excluding carboxylic acids is 1. The van der Waals surface area contributed by atoms with Crippen molar-refractivity contribution in [2.75, 3.05) is 12.4 Å². The van der Waals surface area contributed by atoms with Gasteiger partial charge in [-0.2, -0.15) is 0 Å². The molecule has 4 heteroatoms. The maximum atomic E-state index is 12.2. The molecule has 0 unspecified atom stereocenters. The van der Waals surface area contributed by atoms with E-state index in [0.717, 1.165) is 15.7 Å². The zero-order valence-electron chi connectivity index (χ0n) is 11.7. The van der Waals surface area contributed by atoms with Crippen LogP contribution >= 0.6 is 15.9 Å². The van der Waals surface area contributed by atoms with Crippen molar-refractivity contribution < 1.29 is 9.53 Å². The van der Waals surface area contributed by atoms with Crippen molar-refractivity contribution >= 4 is 27.5 Å². The van der Waals surface area contributed by atoms with Crippen LogP contribution in [0.25, 0.3) is 0 Å². The first-order chi connectivity index (χ1) is 9.51. The Hall–Kier alpha value is -1.81. The second-order valence-electron chi connectivity index (χ2n) is 4.62. The van der Waals surface area contributed by atoms with Gasteiger partial charge in [-0.3, -0.25) is 4.79 Å². The minimum absolute atomic E-state index is 0.139. The molecule has 0 saturated heterocycles. The summed E-state index contributed by atoms with van der Waals surface area (Å²) in [5, 5.41) is 2.92. The van der Waals surface area contributed by atoms with Crippen LogP contribution in [0.2, 0.25) is 0 Å². The molecule has 1 N–H and O–H groups in total. The number of rotatable bonds is 3. The van der Waals surface area contributed by atoms with Gasteiger partial charge in [-0.25, -0.2) is 0 Å². The molecule has 1 amide bonds. The number of amides is 1. The second kappa shape index (κ2) is 6.09. The molecule has 2 rings (SSSR count). The largest absolute Gasteiger partial charge is 0.496 e. The zero-order chi connectivity index (χ0) is 14.7. The lowest BCUT2D eigenvalue weighted by Gasteiger charge is -2.10. The number of anilines is 1. The van der Waals surface area contributed by atoms with Crippen LogP contribution in [0, 0.1) is 13.8 Å². The maximum absolute atomic E-state index is 12.2. The van der Waals surface area contributed by atoms with Crippen LogP contribution < -0.4 is 10.1 Å². The number of hydrogen-bond acceptors (Lipinski definition) is 2. The summed E-state index contributed by atoms with van der Waals surface area (Å²) >= 11 is 3.38. The monoisotopic (exact) mass is 333 g/mol. The Morgan fingerprint density at radius 2 is 1.90 bits per heavy atom. The summed E-state index contributed by atoms with van der Waals surface area (Å²) in [7, 11) is 1.59. The third kappa shape index (κ3) is 3.20. The summed E-state index contributed by atoms with van der Waals surface area (Å²) in [6.45, 7) is 4.01. The molecule has 0 spiro atoms. The summed E-state index contributed by atoms with van der Waals surface area (Å²) < 4.78 is 5.91. The normalized spacial score (nSPS) is 10.2. The Morgan fingerprint density at radius 1 is 1.15 bits per heavy atom. The molecule has 0 heterocycles. The Balaban J connectivity index is 2.21. The lowest BCUT2D eigenvalue weighted by Crippen LogP contribution is -2.12. The Kier molecular flexibility index (Phi) is 4.45. The van der Waals surface area contributed by atoms with E-state index in [1.807, 2.05) is 32.0 Å². The summed E-state index contributed by atoms with van der Waals surface area (Å²) in [6, 6.07) is 11.2. The molecule has 0 aliphatic carbocycles. The first-order valence-corrected chi connectivity index (χ1v) is 7.02. The Bertz CT molecular complexity index is 653. The van der Waals surface area contributed by atoms with E-state index in [-0.39, 0.29) is 5.91 Å². The van der Waals surface area contributed by atoms with E-state index in [1.165, 1.54) is 5.56 Å². The predicted octanol–water partition coefficient (Wildman–Crippen LogP) is 4.33. The van der Waals surface area contributed by atoms with Crippen LogP contribution in [0.15, 0.2) is 40.9 Å². The standard InChI is InChI=1S/C16H16BrNO2/c1-10-4-6-14(11(2)8-10)18-16(19)12-5-7-15(20-3)13(17)9-12/h4-9H,1-3H3,(H,18,19). The quantitative estimate of drug-likeness (QED) is 0.907. The third-order valence-electron chi connectivity index (χ3n) is 3.04. The fourth-order valence-electron chi connectivity index (χ4n) is 1.96. The Labute approximate surface area is 127 Å². The molecule has 0 saturated carbocycles. The van der Waals surface area contributed by atoms with E-state index in [4.69, 9.17) is 4.74 Å². The highest BCUT2D eigenvalue weighted by Crippen LogP contribution is 2.26. The fourth-order valence-corrected chi connectivity index (χ4v) is 2.50. The van der Waals surface area contributed by atoms with E-state index in [0.29, 0.717) is 11.3 Å². The van der Waals surface area contributed by atoms with Gasteiger partial charge in [-0.15, -0.1) is 0 Å². The molecule has 20 heavy (non-hydrogen) atoms. The van der Waals surface area contributed by atoms with E-state index in [1.54, 1.807) is 25.3 Å². The zero-order valence-corrected chi connectivity index (χ0v) is 13.2. The number of hydrogen-bond donors (Lipinski definition) is 1. The van der Waals surface area contributed by atoms with Crippen molar-refractivity contribution in [3.8, 4) is 5.75 Å².